The van der Waals surface area contributed by atoms with Gasteiger partial charge in [-0.25, -0.2) is 0 Å². The summed E-state index contributed by atoms with van der Waals surface area (Å²) in [5.74, 6) is 0.741. The fraction of sp³-hybridized carbons (Fsp3) is 0.105. The Kier molecular flexibility index (Phi) is 4.52. The van der Waals surface area contributed by atoms with Gasteiger partial charge in [0.2, 0.25) is 0 Å². The molecular weight excluding hydrogens is 304 g/mol. The standard InChI is InChI=1S/C19H16N2O3/c1-2-24-19-11-10-14-6-3-4-9-17(14)18(19)13-20-15-7-5-8-16(12-15)21(22)23/h3-13H,2H2,1H3/b20-13+. The number of fused-ring (bicyclic) bond motifs is 1. The highest BCUT2D eigenvalue weighted by atomic mass is 16.6. The third kappa shape index (κ3) is 3.25. The van der Waals surface area contributed by atoms with E-state index in [9.17, 15) is 10.1 Å². The maximum Gasteiger partial charge on any atom is 0.271 e. The van der Waals surface area contributed by atoms with Crippen molar-refractivity contribution < 1.29 is 9.66 Å². The molecule has 0 atom stereocenters. The van der Waals surface area contributed by atoms with Gasteiger partial charge in [0.05, 0.1) is 17.2 Å². The van der Waals surface area contributed by atoms with Crippen molar-refractivity contribution in [2.45, 2.75) is 6.92 Å². The second-order valence-corrected chi connectivity index (χ2v) is 5.17. The van der Waals surface area contributed by atoms with Gasteiger partial charge in [0, 0.05) is 23.9 Å². The molecule has 3 aromatic carbocycles. The molecule has 0 spiro atoms. The average molecular weight is 320 g/mol. The molecule has 0 amide bonds. The fourth-order valence-corrected chi connectivity index (χ4v) is 2.52. The molecule has 0 aromatic heterocycles. The minimum atomic E-state index is -0.428. The summed E-state index contributed by atoms with van der Waals surface area (Å²) >= 11 is 0. The van der Waals surface area contributed by atoms with Crippen LogP contribution in [0, 0.1) is 10.1 Å². The van der Waals surface area contributed by atoms with Crippen LogP contribution in [0.1, 0.15) is 12.5 Å². The predicted molar refractivity (Wildman–Crippen MR) is 95.5 cm³/mol. The predicted octanol–water partition coefficient (Wildman–Crippen LogP) is 4.90. The second kappa shape index (κ2) is 6.91. The van der Waals surface area contributed by atoms with E-state index in [1.54, 1.807) is 18.3 Å². The van der Waals surface area contributed by atoms with Crippen LogP contribution in [0.3, 0.4) is 0 Å². The van der Waals surface area contributed by atoms with Crippen LogP contribution in [-0.4, -0.2) is 17.7 Å². The Bertz CT molecular complexity index is 919. The van der Waals surface area contributed by atoms with Crippen LogP contribution in [0.15, 0.2) is 65.7 Å². The number of hydrogen-bond acceptors (Lipinski definition) is 4. The Morgan fingerprint density at radius 2 is 1.96 bits per heavy atom. The molecule has 0 fully saturated rings. The van der Waals surface area contributed by atoms with E-state index in [-0.39, 0.29) is 5.69 Å². The van der Waals surface area contributed by atoms with Crippen molar-refractivity contribution in [3.8, 4) is 5.75 Å². The summed E-state index contributed by atoms with van der Waals surface area (Å²) in [6.45, 7) is 2.48. The van der Waals surface area contributed by atoms with Crippen molar-refractivity contribution in [1.82, 2.24) is 0 Å². The molecule has 0 saturated heterocycles. The maximum atomic E-state index is 10.9. The van der Waals surface area contributed by atoms with Gasteiger partial charge in [-0.15, -0.1) is 0 Å². The minimum absolute atomic E-state index is 0.0209. The van der Waals surface area contributed by atoms with Crippen molar-refractivity contribution in [2.75, 3.05) is 6.61 Å². The number of nitrogens with zero attached hydrogens (tertiary/aromatic N) is 2. The van der Waals surface area contributed by atoms with E-state index in [2.05, 4.69) is 4.99 Å². The lowest BCUT2D eigenvalue weighted by molar-refractivity contribution is -0.384. The van der Waals surface area contributed by atoms with E-state index in [0.29, 0.717) is 12.3 Å². The van der Waals surface area contributed by atoms with Crippen LogP contribution in [-0.2, 0) is 0 Å². The average Bonchev–Trinajstić information content (AvgIpc) is 2.61. The highest BCUT2D eigenvalue weighted by molar-refractivity contribution is 6.03. The Hall–Kier alpha value is -3.21. The van der Waals surface area contributed by atoms with Gasteiger partial charge in [-0.05, 0) is 29.8 Å². The van der Waals surface area contributed by atoms with Gasteiger partial charge in [-0.2, -0.15) is 0 Å². The summed E-state index contributed by atoms with van der Waals surface area (Å²) in [6, 6.07) is 18.1. The van der Waals surface area contributed by atoms with Crippen molar-refractivity contribution in [3.63, 3.8) is 0 Å². The largest absolute Gasteiger partial charge is 0.493 e. The number of rotatable bonds is 5. The van der Waals surface area contributed by atoms with Crippen molar-refractivity contribution in [3.05, 3.63) is 76.3 Å². The smallest absolute Gasteiger partial charge is 0.271 e. The monoisotopic (exact) mass is 320 g/mol. The lowest BCUT2D eigenvalue weighted by atomic mass is 10.0. The zero-order valence-corrected chi connectivity index (χ0v) is 13.2. The van der Waals surface area contributed by atoms with Gasteiger partial charge in [0.15, 0.2) is 0 Å². The molecule has 0 unspecified atom stereocenters. The number of non-ortho nitro benzene ring substituents is 1. The van der Waals surface area contributed by atoms with E-state index in [0.717, 1.165) is 22.1 Å². The zero-order chi connectivity index (χ0) is 16.9. The molecule has 0 aliphatic heterocycles. The van der Waals surface area contributed by atoms with E-state index in [4.69, 9.17) is 4.74 Å². The van der Waals surface area contributed by atoms with E-state index in [1.807, 2.05) is 43.3 Å². The van der Waals surface area contributed by atoms with E-state index < -0.39 is 4.92 Å². The van der Waals surface area contributed by atoms with Crippen LogP contribution < -0.4 is 4.74 Å². The molecule has 5 nitrogen and oxygen atoms in total. The van der Waals surface area contributed by atoms with Gasteiger partial charge in [0.25, 0.3) is 5.69 Å². The first-order valence-corrected chi connectivity index (χ1v) is 7.62. The number of ether oxygens (including phenoxy) is 1. The molecule has 0 N–H and O–H groups in total. The Labute approximate surface area is 139 Å². The van der Waals surface area contributed by atoms with Crippen molar-refractivity contribution in [1.29, 1.82) is 0 Å². The van der Waals surface area contributed by atoms with Crippen molar-refractivity contribution >= 4 is 28.4 Å². The van der Waals surface area contributed by atoms with Crippen LogP contribution in [0.25, 0.3) is 10.8 Å². The van der Waals surface area contributed by atoms with E-state index >= 15 is 0 Å². The first kappa shape index (κ1) is 15.7. The van der Waals surface area contributed by atoms with E-state index in [1.165, 1.54) is 12.1 Å². The van der Waals surface area contributed by atoms with Gasteiger partial charge in [-0.3, -0.25) is 15.1 Å². The molecule has 0 aliphatic rings. The summed E-state index contributed by atoms with van der Waals surface area (Å²) in [5, 5.41) is 13.0. The normalized spacial score (nSPS) is 11.0. The molecule has 0 saturated carbocycles. The Balaban J connectivity index is 2.06. The highest BCUT2D eigenvalue weighted by Gasteiger charge is 2.08. The molecule has 3 aromatic rings. The Morgan fingerprint density at radius 3 is 2.75 bits per heavy atom. The van der Waals surface area contributed by atoms with Crippen LogP contribution in [0.4, 0.5) is 11.4 Å². The highest BCUT2D eigenvalue weighted by Crippen LogP contribution is 2.28. The Morgan fingerprint density at radius 1 is 1.12 bits per heavy atom. The van der Waals surface area contributed by atoms with Crippen molar-refractivity contribution in [2.24, 2.45) is 4.99 Å². The maximum absolute atomic E-state index is 10.9. The van der Waals surface area contributed by atoms with Crippen LogP contribution in [0.2, 0.25) is 0 Å². The fourth-order valence-electron chi connectivity index (χ4n) is 2.52. The molecule has 3 rings (SSSR count). The molecule has 0 bridgehead atoms. The topological polar surface area (TPSA) is 64.7 Å². The molecule has 5 heteroatoms. The lowest BCUT2D eigenvalue weighted by Gasteiger charge is -2.10. The molecule has 120 valence electrons. The van der Waals surface area contributed by atoms with Gasteiger partial charge >= 0.3 is 0 Å². The quantitative estimate of drug-likeness (QED) is 0.381. The van der Waals surface area contributed by atoms with Gasteiger partial charge in [0.1, 0.15) is 5.75 Å². The van der Waals surface area contributed by atoms with Gasteiger partial charge in [-0.1, -0.05) is 36.4 Å². The number of benzene rings is 3. The summed E-state index contributed by atoms with van der Waals surface area (Å²) in [7, 11) is 0. The zero-order valence-electron chi connectivity index (χ0n) is 13.2. The number of nitro groups is 1. The molecule has 0 radical (unpaired) electrons. The first-order chi connectivity index (χ1) is 11.7. The molecule has 24 heavy (non-hydrogen) atoms. The number of nitro benzene ring substituents is 1. The molecule has 0 aliphatic carbocycles. The SMILES string of the molecule is CCOc1ccc2ccccc2c1/C=N/c1cccc([N+](=O)[O-])c1. The summed E-state index contributed by atoms with van der Waals surface area (Å²) < 4.78 is 5.70. The molecular formula is C19H16N2O3. The lowest BCUT2D eigenvalue weighted by Crippen LogP contribution is -1.97. The number of aliphatic imine (C=N–C) groups is 1. The third-order valence-corrected chi connectivity index (χ3v) is 3.61. The second-order valence-electron chi connectivity index (χ2n) is 5.17. The van der Waals surface area contributed by atoms with Crippen LogP contribution >= 0.6 is 0 Å². The first-order valence-electron chi connectivity index (χ1n) is 7.62. The summed E-state index contributed by atoms with van der Waals surface area (Å²) in [4.78, 5) is 14.9. The minimum Gasteiger partial charge on any atom is -0.493 e. The third-order valence-electron chi connectivity index (χ3n) is 3.61. The summed E-state index contributed by atoms with van der Waals surface area (Å²) in [6.07, 6.45) is 1.70. The van der Waals surface area contributed by atoms with Gasteiger partial charge < -0.3 is 4.74 Å². The van der Waals surface area contributed by atoms with Crippen LogP contribution in [0.5, 0.6) is 5.75 Å². The summed E-state index contributed by atoms with van der Waals surface area (Å²) in [5.41, 5.74) is 1.41. The molecule has 0 heterocycles. The number of hydrogen-bond donors (Lipinski definition) is 0.